The van der Waals surface area contributed by atoms with Gasteiger partial charge in [-0.3, -0.25) is 4.79 Å². The summed E-state index contributed by atoms with van der Waals surface area (Å²) in [6.45, 7) is -3.09. The van der Waals surface area contributed by atoms with Crippen molar-refractivity contribution in [2.45, 2.75) is 13.0 Å². The summed E-state index contributed by atoms with van der Waals surface area (Å²) in [6, 6.07) is 19.4. The molecule has 0 unspecified atom stereocenters. The number of halogens is 2. The molecule has 30 heavy (non-hydrogen) atoms. The number of para-hydroxylation sites is 1. The molecule has 1 N–H and O–H groups in total. The summed E-state index contributed by atoms with van der Waals surface area (Å²) in [6.07, 6.45) is 0.604. The Bertz CT molecular complexity index is 1010. The molecule has 7 heteroatoms. The maximum Gasteiger partial charge on any atom is 0.387 e. The fraction of sp³-hybridized carbons (Fsp3) is 0.174. The van der Waals surface area contributed by atoms with Gasteiger partial charge < -0.3 is 19.5 Å². The van der Waals surface area contributed by atoms with Gasteiger partial charge in [0, 0.05) is 17.7 Å². The highest BCUT2D eigenvalue weighted by molar-refractivity contribution is 6.06. The first-order chi connectivity index (χ1) is 14.5. The minimum absolute atomic E-state index is 0.0439. The number of methoxy groups -OCH3 is 2. The second kappa shape index (κ2) is 9.73. The van der Waals surface area contributed by atoms with Crippen molar-refractivity contribution < 1.29 is 27.8 Å². The summed E-state index contributed by atoms with van der Waals surface area (Å²) >= 11 is 0. The molecule has 5 nitrogen and oxygen atoms in total. The van der Waals surface area contributed by atoms with E-state index < -0.39 is 12.5 Å². The molecule has 0 heterocycles. The molecule has 0 aliphatic rings. The second-order valence-electron chi connectivity index (χ2n) is 6.36. The van der Waals surface area contributed by atoms with Crippen molar-refractivity contribution in [1.29, 1.82) is 0 Å². The SMILES string of the molecule is COc1ccc(NC(=O)c2cccc(OC)c2OC(F)F)cc1Cc1ccccc1. The van der Waals surface area contributed by atoms with Gasteiger partial charge in [0.2, 0.25) is 0 Å². The van der Waals surface area contributed by atoms with Crippen molar-refractivity contribution >= 4 is 11.6 Å². The van der Waals surface area contributed by atoms with Crippen LogP contribution < -0.4 is 19.5 Å². The van der Waals surface area contributed by atoms with Gasteiger partial charge in [-0.05, 0) is 35.9 Å². The maximum absolute atomic E-state index is 12.8. The van der Waals surface area contributed by atoms with Crippen LogP contribution >= 0.6 is 0 Å². The van der Waals surface area contributed by atoms with Crippen molar-refractivity contribution in [2.24, 2.45) is 0 Å². The van der Waals surface area contributed by atoms with Crippen LogP contribution in [0, 0.1) is 0 Å². The van der Waals surface area contributed by atoms with Crippen molar-refractivity contribution in [3.05, 3.63) is 83.4 Å². The van der Waals surface area contributed by atoms with Gasteiger partial charge in [0.15, 0.2) is 11.5 Å². The molecule has 3 aromatic rings. The Morgan fingerprint density at radius 1 is 0.933 bits per heavy atom. The predicted octanol–water partition coefficient (Wildman–Crippen LogP) is 5.15. The molecule has 3 rings (SSSR count). The molecule has 0 aromatic heterocycles. The molecule has 1 amide bonds. The molecule has 0 bridgehead atoms. The molecule has 156 valence electrons. The zero-order valence-electron chi connectivity index (χ0n) is 16.5. The van der Waals surface area contributed by atoms with Crippen LogP contribution in [-0.4, -0.2) is 26.7 Å². The molecule has 0 fully saturated rings. The Morgan fingerprint density at radius 2 is 1.67 bits per heavy atom. The number of hydrogen-bond donors (Lipinski definition) is 1. The number of carbonyl (C=O) groups excluding carboxylic acids is 1. The van der Waals surface area contributed by atoms with E-state index in [-0.39, 0.29) is 17.1 Å². The number of carbonyl (C=O) groups is 1. The highest BCUT2D eigenvalue weighted by Gasteiger charge is 2.20. The molecule has 0 aliphatic carbocycles. The molecule has 0 radical (unpaired) electrons. The quantitative estimate of drug-likeness (QED) is 0.555. The Kier molecular flexibility index (Phi) is 6.85. The summed E-state index contributed by atoms with van der Waals surface area (Å²) in [7, 11) is 2.89. The minimum atomic E-state index is -3.09. The van der Waals surface area contributed by atoms with Gasteiger partial charge in [0.25, 0.3) is 5.91 Å². The molecular weight excluding hydrogens is 392 g/mol. The number of benzene rings is 3. The summed E-state index contributed by atoms with van der Waals surface area (Å²) in [5, 5.41) is 2.73. The topological polar surface area (TPSA) is 56.8 Å². The van der Waals surface area contributed by atoms with E-state index in [0.29, 0.717) is 17.9 Å². The first-order valence-electron chi connectivity index (χ1n) is 9.15. The van der Waals surface area contributed by atoms with Gasteiger partial charge in [-0.1, -0.05) is 36.4 Å². The lowest BCUT2D eigenvalue weighted by atomic mass is 10.0. The number of rotatable bonds is 8. The third-order valence-electron chi connectivity index (χ3n) is 4.43. The van der Waals surface area contributed by atoms with E-state index in [0.717, 1.165) is 11.1 Å². The first-order valence-corrected chi connectivity index (χ1v) is 9.15. The van der Waals surface area contributed by atoms with Crippen molar-refractivity contribution in [3.63, 3.8) is 0 Å². The van der Waals surface area contributed by atoms with E-state index in [9.17, 15) is 13.6 Å². The van der Waals surface area contributed by atoms with Crippen LogP contribution in [0.3, 0.4) is 0 Å². The third kappa shape index (κ3) is 5.05. The summed E-state index contributed by atoms with van der Waals surface area (Å²) < 4.78 is 40.7. The Labute approximate surface area is 173 Å². The molecule has 0 saturated carbocycles. The molecule has 0 aliphatic heterocycles. The Balaban J connectivity index is 1.88. The standard InChI is InChI=1S/C23H21F2NO4/c1-28-19-12-11-17(14-16(19)13-15-7-4-3-5-8-15)26-22(27)18-9-6-10-20(29-2)21(18)30-23(24)25/h3-12,14,23H,13H2,1-2H3,(H,26,27). The highest BCUT2D eigenvalue weighted by Crippen LogP contribution is 2.33. The average molecular weight is 413 g/mol. The van der Waals surface area contributed by atoms with Crippen LogP contribution in [0.5, 0.6) is 17.2 Å². The number of amides is 1. The second-order valence-corrected chi connectivity index (χ2v) is 6.36. The van der Waals surface area contributed by atoms with E-state index in [1.807, 2.05) is 30.3 Å². The van der Waals surface area contributed by atoms with E-state index in [4.69, 9.17) is 9.47 Å². The summed E-state index contributed by atoms with van der Waals surface area (Å²) in [5.74, 6) is -0.187. The number of ether oxygens (including phenoxy) is 3. The fourth-order valence-corrected chi connectivity index (χ4v) is 3.07. The Morgan fingerprint density at radius 3 is 2.33 bits per heavy atom. The maximum atomic E-state index is 12.8. The fourth-order valence-electron chi connectivity index (χ4n) is 3.07. The van der Waals surface area contributed by atoms with Gasteiger partial charge in [0.05, 0.1) is 19.8 Å². The van der Waals surface area contributed by atoms with Crippen LogP contribution in [0.2, 0.25) is 0 Å². The molecule has 0 spiro atoms. The average Bonchev–Trinajstić information content (AvgIpc) is 2.74. The van der Waals surface area contributed by atoms with Crippen LogP contribution in [0.25, 0.3) is 0 Å². The Hall–Kier alpha value is -3.61. The lowest BCUT2D eigenvalue weighted by Crippen LogP contribution is -2.16. The van der Waals surface area contributed by atoms with Crippen LogP contribution in [0.1, 0.15) is 21.5 Å². The number of nitrogens with one attached hydrogen (secondary N) is 1. The van der Waals surface area contributed by atoms with Crippen molar-refractivity contribution in [1.82, 2.24) is 0 Å². The van der Waals surface area contributed by atoms with E-state index in [2.05, 4.69) is 10.1 Å². The van der Waals surface area contributed by atoms with Gasteiger partial charge in [-0.25, -0.2) is 0 Å². The van der Waals surface area contributed by atoms with E-state index in [1.165, 1.54) is 25.3 Å². The summed E-state index contributed by atoms with van der Waals surface area (Å²) in [5.41, 5.74) is 2.39. The molecule has 0 atom stereocenters. The zero-order chi connectivity index (χ0) is 21.5. The van der Waals surface area contributed by atoms with E-state index >= 15 is 0 Å². The molecule has 0 saturated heterocycles. The van der Waals surface area contributed by atoms with Crippen molar-refractivity contribution in [2.75, 3.05) is 19.5 Å². The highest BCUT2D eigenvalue weighted by atomic mass is 19.3. The van der Waals surface area contributed by atoms with Crippen LogP contribution in [0.4, 0.5) is 14.5 Å². The van der Waals surface area contributed by atoms with Crippen LogP contribution in [0.15, 0.2) is 66.7 Å². The monoisotopic (exact) mass is 413 g/mol. The predicted molar refractivity (Wildman–Crippen MR) is 110 cm³/mol. The first kappa shape index (κ1) is 21.1. The third-order valence-corrected chi connectivity index (χ3v) is 4.43. The number of alkyl halides is 2. The molecular formula is C23H21F2NO4. The van der Waals surface area contributed by atoms with Gasteiger partial charge in [0.1, 0.15) is 5.75 Å². The van der Waals surface area contributed by atoms with Gasteiger partial charge >= 0.3 is 6.61 Å². The smallest absolute Gasteiger partial charge is 0.387 e. The van der Waals surface area contributed by atoms with E-state index in [1.54, 1.807) is 25.3 Å². The minimum Gasteiger partial charge on any atom is -0.496 e. The van der Waals surface area contributed by atoms with Crippen LogP contribution in [-0.2, 0) is 6.42 Å². The zero-order valence-corrected chi connectivity index (χ0v) is 16.5. The number of hydrogen-bond acceptors (Lipinski definition) is 4. The largest absolute Gasteiger partial charge is 0.496 e. The van der Waals surface area contributed by atoms with Gasteiger partial charge in [-0.2, -0.15) is 8.78 Å². The lowest BCUT2D eigenvalue weighted by molar-refractivity contribution is -0.0515. The van der Waals surface area contributed by atoms with Crippen molar-refractivity contribution in [3.8, 4) is 17.2 Å². The normalized spacial score (nSPS) is 10.6. The summed E-state index contributed by atoms with van der Waals surface area (Å²) in [4.78, 5) is 12.8. The lowest BCUT2D eigenvalue weighted by Gasteiger charge is -2.15. The molecule has 3 aromatic carbocycles. The number of anilines is 1. The van der Waals surface area contributed by atoms with Gasteiger partial charge in [-0.15, -0.1) is 0 Å².